The molecule has 5 aromatic rings. The zero-order valence-corrected chi connectivity index (χ0v) is 20.1. The van der Waals surface area contributed by atoms with Crippen molar-refractivity contribution >= 4 is 0 Å². The van der Waals surface area contributed by atoms with Crippen LogP contribution in [0.2, 0.25) is 0 Å². The highest BCUT2D eigenvalue weighted by atomic mass is 16.5. The normalized spacial score (nSPS) is 11.0. The maximum Gasteiger partial charge on any atom is 0.220 e. The van der Waals surface area contributed by atoms with Crippen LogP contribution >= 0.6 is 0 Å². The van der Waals surface area contributed by atoms with Gasteiger partial charge in [-0.3, -0.25) is 0 Å². The van der Waals surface area contributed by atoms with Gasteiger partial charge in [0.05, 0.1) is 6.61 Å². The van der Waals surface area contributed by atoms with Crippen molar-refractivity contribution in [2.24, 2.45) is 0 Å². The second-order valence-corrected chi connectivity index (χ2v) is 8.56. The molecule has 0 spiro atoms. The summed E-state index contributed by atoms with van der Waals surface area (Å²) in [5.41, 5.74) is 7.81. The van der Waals surface area contributed by atoms with Crippen molar-refractivity contribution in [1.29, 1.82) is 0 Å². The van der Waals surface area contributed by atoms with Crippen LogP contribution < -0.4 is 4.74 Å². The molecule has 180 valence electrons. The number of ether oxygens (including phenoxy) is 1. The van der Waals surface area contributed by atoms with E-state index in [-0.39, 0.29) is 6.61 Å². The SMILES string of the molecule is Cc1nc(C)c(Cc2cccc(CO)c2)c(OCc2ccc(-c3ccccc3-c3nn[nH]n3)cc2)n1. The average Bonchev–Trinajstić information content (AvgIpc) is 3.45. The topological polar surface area (TPSA) is 110 Å². The Labute approximate surface area is 209 Å². The largest absolute Gasteiger partial charge is 0.472 e. The van der Waals surface area contributed by atoms with Gasteiger partial charge in [0.15, 0.2) is 0 Å². The molecule has 2 heterocycles. The third kappa shape index (κ3) is 5.13. The summed E-state index contributed by atoms with van der Waals surface area (Å²) in [7, 11) is 0. The first-order valence-corrected chi connectivity index (χ1v) is 11.7. The van der Waals surface area contributed by atoms with Crippen molar-refractivity contribution in [3.63, 3.8) is 0 Å². The Morgan fingerprint density at radius 1 is 0.833 bits per heavy atom. The van der Waals surface area contributed by atoms with Crippen LogP contribution in [-0.2, 0) is 19.6 Å². The van der Waals surface area contributed by atoms with Gasteiger partial charge in [-0.25, -0.2) is 4.98 Å². The van der Waals surface area contributed by atoms with Gasteiger partial charge >= 0.3 is 0 Å². The maximum atomic E-state index is 9.48. The number of H-pyrrole nitrogens is 1. The van der Waals surface area contributed by atoms with E-state index in [9.17, 15) is 5.11 Å². The second kappa shape index (κ2) is 10.5. The number of nitrogens with one attached hydrogen (secondary N) is 1. The van der Waals surface area contributed by atoms with Crippen LogP contribution in [0.5, 0.6) is 5.88 Å². The molecule has 36 heavy (non-hydrogen) atoms. The molecule has 0 amide bonds. The minimum atomic E-state index is 0.0101. The summed E-state index contributed by atoms with van der Waals surface area (Å²) in [6.07, 6.45) is 0.626. The lowest BCUT2D eigenvalue weighted by Crippen LogP contribution is -2.07. The molecule has 0 aliphatic carbocycles. The van der Waals surface area contributed by atoms with E-state index >= 15 is 0 Å². The Morgan fingerprint density at radius 3 is 2.36 bits per heavy atom. The number of hydrogen-bond donors (Lipinski definition) is 2. The molecule has 0 unspecified atom stereocenters. The molecule has 3 aromatic carbocycles. The number of tetrazole rings is 1. The Kier molecular flexibility index (Phi) is 6.77. The minimum absolute atomic E-state index is 0.0101. The summed E-state index contributed by atoms with van der Waals surface area (Å²) < 4.78 is 6.21. The van der Waals surface area contributed by atoms with E-state index in [2.05, 4.69) is 42.7 Å². The number of aliphatic hydroxyl groups is 1. The van der Waals surface area contributed by atoms with Crippen molar-refractivity contribution in [2.75, 3.05) is 0 Å². The predicted molar refractivity (Wildman–Crippen MR) is 136 cm³/mol. The molecule has 2 N–H and O–H groups in total. The van der Waals surface area contributed by atoms with Crippen LogP contribution in [0.4, 0.5) is 0 Å². The van der Waals surface area contributed by atoms with E-state index in [4.69, 9.17) is 4.74 Å². The number of aliphatic hydroxyl groups excluding tert-OH is 1. The average molecular weight is 479 g/mol. The van der Waals surface area contributed by atoms with Crippen molar-refractivity contribution in [2.45, 2.75) is 33.5 Å². The lowest BCUT2D eigenvalue weighted by Gasteiger charge is -2.14. The van der Waals surface area contributed by atoms with Gasteiger partial charge in [0.2, 0.25) is 11.7 Å². The highest BCUT2D eigenvalue weighted by Gasteiger charge is 2.14. The van der Waals surface area contributed by atoms with E-state index in [0.717, 1.165) is 44.6 Å². The van der Waals surface area contributed by atoms with Gasteiger partial charge in [0.1, 0.15) is 12.4 Å². The van der Waals surface area contributed by atoms with E-state index in [1.807, 2.05) is 74.5 Å². The molecule has 0 fully saturated rings. The molecule has 8 nitrogen and oxygen atoms in total. The molecule has 0 aliphatic heterocycles. The third-order valence-corrected chi connectivity index (χ3v) is 6.00. The van der Waals surface area contributed by atoms with E-state index in [1.54, 1.807) is 0 Å². The summed E-state index contributed by atoms with van der Waals surface area (Å²) in [4.78, 5) is 9.13. The fourth-order valence-electron chi connectivity index (χ4n) is 4.21. The van der Waals surface area contributed by atoms with Gasteiger partial charge in [0.25, 0.3) is 0 Å². The quantitative estimate of drug-likeness (QED) is 0.335. The van der Waals surface area contributed by atoms with Crippen LogP contribution in [0, 0.1) is 13.8 Å². The Bertz CT molecular complexity index is 1470. The number of aromatic nitrogens is 6. The molecule has 8 heteroatoms. The first kappa shape index (κ1) is 23.3. The zero-order valence-electron chi connectivity index (χ0n) is 20.1. The Morgan fingerprint density at radius 2 is 1.61 bits per heavy atom. The van der Waals surface area contributed by atoms with E-state index in [0.29, 0.717) is 30.6 Å². The van der Waals surface area contributed by atoms with Crippen molar-refractivity contribution < 1.29 is 9.84 Å². The minimum Gasteiger partial charge on any atom is -0.472 e. The van der Waals surface area contributed by atoms with Crippen molar-refractivity contribution in [1.82, 2.24) is 30.6 Å². The molecule has 0 saturated carbocycles. The summed E-state index contributed by atoms with van der Waals surface area (Å²) in [5.74, 6) is 1.81. The smallest absolute Gasteiger partial charge is 0.220 e. The van der Waals surface area contributed by atoms with Crippen LogP contribution in [0.1, 0.15) is 33.8 Å². The van der Waals surface area contributed by atoms with Gasteiger partial charge in [-0.2, -0.15) is 10.2 Å². The number of hydrogen-bond acceptors (Lipinski definition) is 7. The lowest BCUT2D eigenvalue weighted by atomic mass is 9.98. The summed E-state index contributed by atoms with van der Waals surface area (Å²) in [5, 5.41) is 23.9. The maximum absolute atomic E-state index is 9.48. The lowest BCUT2D eigenvalue weighted by molar-refractivity contribution is 0.281. The second-order valence-electron chi connectivity index (χ2n) is 8.56. The number of nitrogens with zero attached hydrogens (tertiary/aromatic N) is 5. The summed E-state index contributed by atoms with van der Waals surface area (Å²) >= 11 is 0. The summed E-state index contributed by atoms with van der Waals surface area (Å²) in [6.45, 7) is 4.23. The van der Waals surface area contributed by atoms with Gasteiger partial charge in [-0.15, -0.1) is 10.2 Å². The summed E-state index contributed by atoms with van der Waals surface area (Å²) in [6, 6.07) is 24.1. The Balaban J connectivity index is 1.35. The van der Waals surface area contributed by atoms with Crippen LogP contribution in [0.3, 0.4) is 0 Å². The molecule has 0 atom stereocenters. The molecule has 2 aromatic heterocycles. The zero-order chi connectivity index (χ0) is 24.9. The number of aromatic amines is 1. The number of rotatable bonds is 8. The van der Waals surface area contributed by atoms with Crippen molar-refractivity contribution in [3.8, 4) is 28.4 Å². The standard InChI is InChI=1S/C28H26N6O2/c1-18-26(15-21-6-5-7-22(14-21)16-35)28(30-19(2)29-18)36-17-20-10-12-23(13-11-20)24-8-3-4-9-25(24)27-31-33-34-32-27/h3-14,35H,15-17H2,1-2H3,(H,31,32,33,34). The van der Waals surface area contributed by atoms with Crippen molar-refractivity contribution in [3.05, 3.63) is 107 Å². The number of benzene rings is 3. The van der Waals surface area contributed by atoms with Gasteiger partial charge < -0.3 is 9.84 Å². The molecule has 0 bridgehead atoms. The molecule has 5 rings (SSSR count). The third-order valence-electron chi connectivity index (χ3n) is 6.00. The monoisotopic (exact) mass is 478 g/mol. The van der Waals surface area contributed by atoms with E-state index < -0.39 is 0 Å². The predicted octanol–water partition coefficient (Wildman–Crippen LogP) is 4.60. The highest BCUT2D eigenvalue weighted by molar-refractivity contribution is 5.80. The highest BCUT2D eigenvalue weighted by Crippen LogP contribution is 2.30. The fourth-order valence-corrected chi connectivity index (χ4v) is 4.21. The van der Waals surface area contributed by atoms with Crippen LogP contribution in [-0.4, -0.2) is 35.7 Å². The van der Waals surface area contributed by atoms with E-state index in [1.165, 1.54) is 0 Å². The number of aryl methyl sites for hydroxylation is 2. The molecular formula is C28H26N6O2. The first-order chi connectivity index (χ1) is 17.6. The van der Waals surface area contributed by atoms with Gasteiger partial charge in [0, 0.05) is 23.2 Å². The molecule has 0 radical (unpaired) electrons. The van der Waals surface area contributed by atoms with Crippen LogP contribution in [0.15, 0.2) is 72.8 Å². The molecule has 0 aliphatic rings. The van der Waals surface area contributed by atoms with Crippen LogP contribution in [0.25, 0.3) is 22.5 Å². The Hall–Kier alpha value is -4.43. The molecule has 0 saturated heterocycles. The first-order valence-electron chi connectivity index (χ1n) is 11.7. The fraction of sp³-hybridized carbons (Fsp3) is 0.179. The van der Waals surface area contributed by atoms with Gasteiger partial charge in [-0.05, 0) is 46.9 Å². The van der Waals surface area contributed by atoms with Gasteiger partial charge in [-0.1, -0.05) is 72.8 Å². The molecular weight excluding hydrogens is 452 g/mol.